The summed E-state index contributed by atoms with van der Waals surface area (Å²) in [5.41, 5.74) is 7.97. The fourth-order valence-corrected chi connectivity index (χ4v) is 6.36. The average Bonchev–Trinajstić information content (AvgIpc) is 3.15. The zero-order valence-electron chi connectivity index (χ0n) is 30.2. The Bertz CT molecular complexity index is 1910. The molecular weight excluding hydrogens is 670 g/mol. The van der Waals surface area contributed by atoms with Crippen LogP contribution in [0.3, 0.4) is 0 Å². The molecule has 5 aromatic rings. The number of benzene rings is 4. The Morgan fingerprint density at radius 3 is 2.08 bits per heavy atom. The SMILES string of the molecule is Cc1ccc(COc2ccc(Oc3c(C)cc(CC=CC(=O)N4CCN(Cc5ccc(CCOc6ccc(C)cc6)cc5)CC4)cc3Cl)nc2)cc1. The lowest BCUT2D eigenvalue weighted by atomic mass is 10.1. The smallest absolute Gasteiger partial charge is 0.246 e. The molecule has 6 rings (SSSR count). The Hall–Kier alpha value is -5.11. The van der Waals surface area contributed by atoms with E-state index in [0.29, 0.717) is 55.1 Å². The maximum absolute atomic E-state index is 13.0. The largest absolute Gasteiger partial charge is 0.493 e. The minimum absolute atomic E-state index is 0.0389. The molecule has 0 N–H and O–H groups in total. The maximum atomic E-state index is 13.0. The summed E-state index contributed by atoms with van der Waals surface area (Å²) < 4.78 is 17.8. The van der Waals surface area contributed by atoms with Gasteiger partial charge in [0.2, 0.25) is 11.8 Å². The normalized spacial score (nSPS) is 13.3. The van der Waals surface area contributed by atoms with Crippen molar-refractivity contribution in [3.8, 4) is 23.1 Å². The Labute approximate surface area is 312 Å². The molecular formula is C44H46ClN3O4. The number of aromatic nitrogens is 1. The first-order valence-corrected chi connectivity index (χ1v) is 18.2. The zero-order chi connectivity index (χ0) is 36.3. The molecule has 0 radical (unpaired) electrons. The Kier molecular flexibility index (Phi) is 12.6. The molecule has 0 saturated carbocycles. The highest BCUT2D eigenvalue weighted by Gasteiger charge is 2.20. The van der Waals surface area contributed by atoms with Crippen LogP contribution >= 0.6 is 11.6 Å². The number of carbonyl (C=O) groups excluding carboxylic acids is 1. The van der Waals surface area contributed by atoms with Crippen LogP contribution in [0.2, 0.25) is 5.02 Å². The highest BCUT2D eigenvalue weighted by atomic mass is 35.5. The van der Waals surface area contributed by atoms with Gasteiger partial charge in [-0.2, -0.15) is 0 Å². The predicted molar refractivity (Wildman–Crippen MR) is 208 cm³/mol. The number of aryl methyl sites for hydroxylation is 3. The van der Waals surface area contributed by atoms with Crippen molar-refractivity contribution in [2.75, 3.05) is 32.8 Å². The molecule has 1 aromatic heterocycles. The number of hydrogen-bond acceptors (Lipinski definition) is 6. The van der Waals surface area contributed by atoms with Crippen molar-refractivity contribution >= 4 is 17.5 Å². The summed E-state index contributed by atoms with van der Waals surface area (Å²) in [5, 5.41) is 0.495. The molecule has 8 heteroatoms. The highest BCUT2D eigenvalue weighted by Crippen LogP contribution is 2.34. The minimum atomic E-state index is 0.0389. The van der Waals surface area contributed by atoms with Crippen molar-refractivity contribution in [2.45, 2.75) is 46.8 Å². The van der Waals surface area contributed by atoms with Crippen LogP contribution in [0.25, 0.3) is 0 Å². The lowest BCUT2D eigenvalue weighted by Gasteiger charge is -2.34. The van der Waals surface area contributed by atoms with E-state index in [1.807, 2.05) is 48.2 Å². The van der Waals surface area contributed by atoms with E-state index in [4.69, 9.17) is 25.8 Å². The summed E-state index contributed by atoms with van der Waals surface area (Å²) in [6.07, 6.45) is 6.69. The van der Waals surface area contributed by atoms with Crippen LogP contribution in [0.4, 0.5) is 0 Å². The number of ether oxygens (including phenoxy) is 3. The third kappa shape index (κ3) is 10.7. The quantitative estimate of drug-likeness (QED) is 0.107. The number of carbonyl (C=O) groups is 1. The standard InChI is InChI=1S/C44H46ClN3O4/c1-32-7-11-37(12-8-32)31-51-40-19-20-42(46-29-40)52-44-34(3)27-38(28-41(44)45)5-4-6-43(49)48-24-22-47(23-25-48)30-36-15-13-35(14-16-36)21-26-50-39-17-9-33(2)10-18-39/h4,6-20,27-29H,5,21-26,30-31H2,1-3H3. The van der Waals surface area contributed by atoms with E-state index < -0.39 is 0 Å². The Morgan fingerprint density at radius 1 is 0.750 bits per heavy atom. The van der Waals surface area contributed by atoms with Crippen LogP contribution in [0.15, 0.2) is 115 Å². The molecule has 0 bridgehead atoms. The Morgan fingerprint density at radius 2 is 1.40 bits per heavy atom. The zero-order valence-corrected chi connectivity index (χ0v) is 30.9. The summed E-state index contributed by atoms with van der Waals surface area (Å²) in [4.78, 5) is 21.7. The molecule has 0 atom stereocenters. The number of nitrogens with zero attached hydrogens (tertiary/aromatic N) is 3. The number of hydrogen-bond donors (Lipinski definition) is 0. The van der Waals surface area contributed by atoms with Gasteiger partial charge >= 0.3 is 0 Å². The molecule has 0 spiro atoms. The molecule has 1 aliphatic rings. The van der Waals surface area contributed by atoms with Crippen molar-refractivity contribution in [3.63, 3.8) is 0 Å². The van der Waals surface area contributed by atoms with Crippen molar-refractivity contribution < 1.29 is 19.0 Å². The summed E-state index contributed by atoms with van der Waals surface area (Å²) in [7, 11) is 0. The summed E-state index contributed by atoms with van der Waals surface area (Å²) in [6, 6.07) is 32.7. The van der Waals surface area contributed by atoms with Gasteiger partial charge in [-0.05, 0) is 85.4 Å². The second kappa shape index (κ2) is 17.9. The maximum Gasteiger partial charge on any atom is 0.246 e. The van der Waals surface area contributed by atoms with Crippen molar-refractivity contribution in [1.29, 1.82) is 0 Å². The lowest BCUT2D eigenvalue weighted by Crippen LogP contribution is -2.47. The molecule has 2 heterocycles. The topological polar surface area (TPSA) is 64.1 Å². The van der Waals surface area contributed by atoms with Gasteiger partial charge in [0.05, 0.1) is 17.8 Å². The second-order valence-electron chi connectivity index (χ2n) is 13.4. The van der Waals surface area contributed by atoms with Gasteiger partial charge in [-0.15, -0.1) is 0 Å². The van der Waals surface area contributed by atoms with Crippen molar-refractivity contribution in [3.05, 3.63) is 159 Å². The highest BCUT2D eigenvalue weighted by molar-refractivity contribution is 6.32. The van der Waals surface area contributed by atoms with Crippen LogP contribution in [0.1, 0.15) is 38.9 Å². The third-order valence-corrected chi connectivity index (χ3v) is 9.42. The van der Waals surface area contributed by atoms with Crippen LogP contribution in [0, 0.1) is 20.8 Å². The molecule has 1 amide bonds. The molecule has 268 valence electrons. The third-order valence-electron chi connectivity index (χ3n) is 9.14. The van der Waals surface area contributed by atoms with Crippen LogP contribution in [0.5, 0.6) is 23.1 Å². The lowest BCUT2D eigenvalue weighted by molar-refractivity contribution is -0.127. The molecule has 4 aromatic carbocycles. The molecule has 1 saturated heterocycles. The number of allylic oxidation sites excluding steroid dienone is 1. The van der Waals surface area contributed by atoms with Crippen molar-refractivity contribution in [2.24, 2.45) is 0 Å². The van der Waals surface area contributed by atoms with E-state index in [1.165, 1.54) is 22.3 Å². The summed E-state index contributed by atoms with van der Waals surface area (Å²) in [6.45, 7) is 11.2. The first-order chi connectivity index (χ1) is 25.3. The van der Waals surface area contributed by atoms with Gasteiger partial charge in [0.25, 0.3) is 0 Å². The van der Waals surface area contributed by atoms with Crippen molar-refractivity contribution in [1.82, 2.24) is 14.8 Å². The minimum Gasteiger partial charge on any atom is -0.493 e. The van der Waals surface area contributed by atoms with E-state index in [0.717, 1.165) is 48.5 Å². The second-order valence-corrected chi connectivity index (χ2v) is 13.8. The van der Waals surface area contributed by atoms with Gasteiger partial charge in [0, 0.05) is 45.2 Å². The predicted octanol–water partition coefficient (Wildman–Crippen LogP) is 9.10. The van der Waals surface area contributed by atoms with E-state index in [-0.39, 0.29) is 5.91 Å². The van der Waals surface area contributed by atoms with Crippen LogP contribution in [-0.2, 0) is 30.8 Å². The fourth-order valence-electron chi connectivity index (χ4n) is 6.04. The van der Waals surface area contributed by atoms with Gasteiger partial charge in [-0.3, -0.25) is 9.69 Å². The van der Waals surface area contributed by atoms with E-state index in [9.17, 15) is 4.79 Å². The van der Waals surface area contributed by atoms with Gasteiger partial charge in [0.15, 0.2) is 5.75 Å². The van der Waals surface area contributed by atoms with Gasteiger partial charge < -0.3 is 19.1 Å². The van der Waals surface area contributed by atoms with E-state index >= 15 is 0 Å². The average molecular weight is 716 g/mol. The summed E-state index contributed by atoms with van der Waals surface area (Å²) >= 11 is 6.65. The molecule has 1 fully saturated rings. The van der Waals surface area contributed by atoms with Crippen LogP contribution in [-0.4, -0.2) is 53.5 Å². The molecule has 7 nitrogen and oxygen atoms in total. The number of pyridine rings is 1. The fraction of sp³-hybridized carbons (Fsp3) is 0.273. The molecule has 52 heavy (non-hydrogen) atoms. The number of piperazine rings is 1. The number of halogens is 1. The molecule has 0 aliphatic carbocycles. The number of amides is 1. The van der Waals surface area contributed by atoms with Gasteiger partial charge in [-0.1, -0.05) is 95.5 Å². The Balaban J connectivity index is 0.908. The molecule has 0 unspecified atom stereocenters. The van der Waals surface area contributed by atoms with Gasteiger partial charge in [0.1, 0.15) is 18.1 Å². The first-order valence-electron chi connectivity index (χ1n) is 17.8. The first kappa shape index (κ1) is 36.7. The molecule has 1 aliphatic heterocycles. The van der Waals surface area contributed by atoms with E-state index in [1.54, 1.807) is 18.3 Å². The monoisotopic (exact) mass is 715 g/mol. The van der Waals surface area contributed by atoms with E-state index in [2.05, 4.69) is 84.4 Å². The number of rotatable bonds is 14. The van der Waals surface area contributed by atoms with Gasteiger partial charge in [-0.25, -0.2) is 4.98 Å². The summed E-state index contributed by atoms with van der Waals surface area (Å²) in [5.74, 6) is 2.59. The van der Waals surface area contributed by atoms with Crippen LogP contribution < -0.4 is 14.2 Å².